The third-order valence-corrected chi connectivity index (χ3v) is 7.35. The van der Waals surface area contributed by atoms with Crippen LogP contribution in [0.15, 0.2) is 16.8 Å². The third-order valence-electron chi connectivity index (χ3n) is 6.61. The topological polar surface area (TPSA) is 43.9 Å². The molecule has 4 rings (SSSR count). The molecule has 3 heterocycles. The van der Waals surface area contributed by atoms with Crippen molar-refractivity contribution in [2.45, 2.75) is 57.5 Å². The summed E-state index contributed by atoms with van der Waals surface area (Å²) >= 11 is 1.71. The highest BCUT2D eigenvalue weighted by Crippen LogP contribution is 2.29. The van der Waals surface area contributed by atoms with Crippen molar-refractivity contribution in [1.29, 1.82) is 0 Å². The maximum atomic E-state index is 13.3. The van der Waals surface area contributed by atoms with Crippen molar-refractivity contribution >= 4 is 23.2 Å². The molecule has 0 radical (unpaired) electrons. The van der Waals surface area contributed by atoms with Gasteiger partial charge in [0.2, 0.25) is 11.8 Å². The van der Waals surface area contributed by atoms with E-state index < -0.39 is 0 Å². The van der Waals surface area contributed by atoms with Crippen LogP contribution in [0.4, 0.5) is 0 Å². The van der Waals surface area contributed by atoms with Gasteiger partial charge in [0.25, 0.3) is 0 Å². The summed E-state index contributed by atoms with van der Waals surface area (Å²) in [5.41, 5.74) is 1.33. The highest BCUT2D eigenvalue weighted by molar-refractivity contribution is 7.07. The number of likely N-dealkylation sites (tertiary alicyclic amines) is 1. The lowest BCUT2D eigenvalue weighted by Gasteiger charge is -2.36. The minimum Gasteiger partial charge on any atom is -0.340 e. The summed E-state index contributed by atoms with van der Waals surface area (Å²) in [5.74, 6) is 0.594. The second kappa shape index (κ2) is 8.31. The van der Waals surface area contributed by atoms with Crippen molar-refractivity contribution in [3.8, 4) is 0 Å². The summed E-state index contributed by atoms with van der Waals surface area (Å²) in [6.07, 6.45) is 6.81. The van der Waals surface area contributed by atoms with Gasteiger partial charge < -0.3 is 9.80 Å². The summed E-state index contributed by atoms with van der Waals surface area (Å²) < 4.78 is 0. The molecule has 6 heteroatoms. The molecule has 1 aromatic heterocycles. The lowest BCUT2D eigenvalue weighted by molar-refractivity contribution is -0.142. The minimum absolute atomic E-state index is 0.0343. The molecule has 0 spiro atoms. The van der Waals surface area contributed by atoms with E-state index in [0.717, 1.165) is 51.5 Å². The van der Waals surface area contributed by atoms with Crippen LogP contribution in [-0.2, 0) is 16.0 Å². The van der Waals surface area contributed by atoms with Gasteiger partial charge in [-0.05, 0) is 60.4 Å². The molecular formula is C21H31N3O2S. The molecule has 0 bridgehead atoms. The maximum Gasteiger partial charge on any atom is 0.245 e. The zero-order valence-electron chi connectivity index (χ0n) is 16.3. The minimum atomic E-state index is -0.263. The predicted octanol–water partition coefficient (Wildman–Crippen LogP) is 2.61. The molecule has 3 aliphatic rings. The van der Waals surface area contributed by atoms with Crippen LogP contribution in [0.5, 0.6) is 0 Å². The molecule has 5 nitrogen and oxygen atoms in total. The fraction of sp³-hybridized carbons (Fsp3) is 0.714. The van der Waals surface area contributed by atoms with E-state index >= 15 is 0 Å². The van der Waals surface area contributed by atoms with E-state index in [1.807, 2.05) is 9.80 Å². The first-order valence-electron chi connectivity index (χ1n) is 10.4. The normalized spacial score (nSPS) is 27.4. The van der Waals surface area contributed by atoms with Crippen molar-refractivity contribution in [3.63, 3.8) is 0 Å². The first-order chi connectivity index (χ1) is 13.1. The van der Waals surface area contributed by atoms with Crippen LogP contribution in [0.25, 0.3) is 0 Å². The van der Waals surface area contributed by atoms with E-state index in [0.29, 0.717) is 12.5 Å². The third kappa shape index (κ3) is 4.21. The van der Waals surface area contributed by atoms with Gasteiger partial charge in [-0.3, -0.25) is 14.5 Å². The Balaban J connectivity index is 1.39. The van der Waals surface area contributed by atoms with Gasteiger partial charge in [0.15, 0.2) is 0 Å². The number of hydrogen-bond acceptors (Lipinski definition) is 4. The van der Waals surface area contributed by atoms with Crippen LogP contribution < -0.4 is 0 Å². The first kappa shape index (κ1) is 18.9. The molecule has 27 heavy (non-hydrogen) atoms. The number of amides is 2. The summed E-state index contributed by atoms with van der Waals surface area (Å²) in [6, 6.07) is 2.64. The van der Waals surface area contributed by atoms with Crippen molar-refractivity contribution < 1.29 is 9.59 Å². The first-order valence-corrected chi connectivity index (χ1v) is 11.4. The van der Waals surface area contributed by atoms with E-state index in [1.165, 1.54) is 24.8 Å². The summed E-state index contributed by atoms with van der Waals surface area (Å²) in [4.78, 5) is 31.9. The van der Waals surface area contributed by atoms with E-state index in [-0.39, 0.29) is 17.9 Å². The molecule has 2 amide bonds. The Hall–Kier alpha value is -1.40. The van der Waals surface area contributed by atoms with Crippen molar-refractivity contribution in [3.05, 3.63) is 22.4 Å². The van der Waals surface area contributed by atoms with E-state index in [1.54, 1.807) is 18.3 Å². The molecule has 2 saturated heterocycles. The standard InChI is InChI=1S/C21H31N3O2S/c1-16(25)24-14-18(12-17-6-11-27-15-17)13-20(24)21(26)23-8-3-7-22(9-10-23)19-4-2-5-19/h6,11,15,18-20H,2-5,7-10,12-14H2,1H3. The zero-order chi connectivity index (χ0) is 18.8. The summed E-state index contributed by atoms with van der Waals surface area (Å²) in [6.45, 7) is 6.06. The Kier molecular flexibility index (Phi) is 5.83. The lowest BCUT2D eigenvalue weighted by Crippen LogP contribution is -2.48. The molecule has 1 saturated carbocycles. The van der Waals surface area contributed by atoms with Crippen molar-refractivity contribution in [2.24, 2.45) is 5.92 Å². The summed E-state index contributed by atoms with van der Waals surface area (Å²) in [7, 11) is 0. The van der Waals surface area contributed by atoms with Gasteiger partial charge in [0.1, 0.15) is 6.04 Å². The van der Waals surface area contributed by atoms with Crippen LogP contribution in [0.2, 0.25) is 0 Å². The number of carbonyl (C=O) groups is 2. The maximum absolute atomic E-state index is 13.3. The van der Waals surface area contributed by atoms with Crippen molar-refractivity contribution in [2.75, 3.05) is 32.7 Å². The van der Waals surface area contributed by atoms with Crippen molar-refractivity contribution in [1.82, 2.24) is 14.7 Å². The molecule has 2 atom stereocenters. The van der Waals surface area contributed by atoms with Crippen LogP contribution in [0, 0.1) is 5.92 Å². The van der Waals surface area contributed by atoms with Gasteiger partial charge in [0.05, 0.1) is 0 Å². The van der Waals surface area contributed by atoms with E-state index in [2.05, 4.69) is 21.7 Å². The van der Waals surface area contributed by atoms with Gasteiger partial charge in [-0.2, -0.15) is 11.3 Å². The molecular weight excluding hydrogens is 358 g/mol. The van der Waals surface area contributed by atoms with Gasteiger partial charge in [-0.15, -0.1) is 0 Å². The molecule has 0 N–H and O–H groups in total. The van der Waals surface area contributed by atoms with Crippen LogP contribution in [-0.4, -0.2) is 71.3 Å². The second-order valence-corrected chi connectivity index (χ2v) is 9.20. The molecule has 2 aliphatic heterocycles. The van der Waals surface area contributed by atoms with E-state index in [4.69, 9.17) is 0 Å². The average Bonchev–Trinajstić information content (AvgIpc) is 3.19. The fourth-order valence-electron chi connectivity index (χ4n) is 4.88. The molecule has 1 aromatic rings. The molecule has 0 aromatic carbocycles. The molecule has 3 fully saturated rings. The smallest absolute Gasteiger partial charge is 0.245 e. The number of hydrogen-bond donors (Lipinski definition) is 0. The number of carbonyl (C=O) groups excluding carboxylic acids is 2. The quantitative estimate of drug-likeness (QED) is 0.795. The zero-order valence-corrected chi connectivity index (χ0v) is 17.1. The molecule has 2 unspecified atom stereocenters. The van der Waals surface area contributed by atoms with Gasteiger partial charge in [-0.1, -0.05) is 6.42 Å². The van der Waals surface area contributed by atoms with Crippen LogP contribution >= 0.6 is 11.3 Å². The SMILES string of the molecule is CC(=O)N1CC(Cc2ccsc2)CC1C(=O)N1CCCN(C2CCC2)CC1. The highest BCUT2D eigenvalue weighted by atomic mass is 32.1. The average molecular weight is 390 g/mol. The lowest BCUT2D eigenvalue weighted by atomic mass is 9.91. The number of nitrogens with zero attached hydrogens (tertiary/aromatic N) is 3. The van der Waals surface area contributed by atoms with E-state index in [9.17, 15) is 9.59 Å². The Morgan fingerprint density at radius 3 is 2.67 bits per heavy atom. The van der Waals surface area contributed by atoms with Gasteiger partial charge >= 0.3 is 0 Å². The van der Waals surface area contributed by atoms with Crippen LogP contribution in [0.3, 0.4) is 0 Å². The van der Waals surface area contributed by atoms with Gasteiger partial charge in [-0.25, -0.2) is 0 Å². The fourth-order valence-corrected chi connectivity index (χ4v) is 5.56. The Morgan fingerprint density at radius 1 is 1.15 bits per heavy atom. The number of rotatable bonds is 4. The molecule has 148 valence electrons. The highest BCUT2D eigenvalue weighted by Gasteiger charge is 2.40. The Labute approximate surface area is 166 Å². The Morgan fingerprint density at radius 2 is 2.00 bits per heavy atom. The Bertz CT molecular complexity index is 658. The largest absolute Gasteiger partial charge is 0.340 e. The monoisotopic (exact) mass is 389 g/mol. The van der Waals surface area contributed by atoms with Gasteiger partial charge in [0, 0.05) is 45.7 Å². The molecule has 1 aliphatic carbocycles. The summed E-state index contributed by atoms with van der Waals surface area (Å²) in [5, 5.41) is 4.28. The predicted molar refractivity (Wildman–Crippen MR) is 108 cm³/mol. The second-order valence-electron chi connectivity index (χ2n) is 8.42. The number of thiophene rings is 1. The van der Waals surface area contributed by atoms with Crippen LogP contribution in [0.1, 0.15) is 44.6 Å².